The van der Waals surface area contributed by atoms with E-state index in [9.17, 15) is 4.79 Å². The van der Waals surface area contributed by atoms with E-state index in [4.69, 9.17) is 0 Å². The zero-order chi connectivity index (χ0) is 19.3. The average molecular weight is 371 g/mol. The Kier molecular flexibility index (Phi) is 5.40. The summed E-state index contributed by atoms with van der Waals surface area (Å²) in [5, 5.41) is 1.86. The third-order valence-corrected chi connectivity index (χ3v) is 5.32. The smallest absolute Gasteiger partial charge is 0.240 e. The molecule has 1 heterocycles. The van der Waals surface area contributed by atoms with Crippen LogP contribution in [-0.2, 0) is 11.2 Å². The molecule has 3 aromatic rings. The molecule has 0 saturated carbocycles. The summed E-state index contributed by atoms with van der Waals surface area (Å²) in [4.78, 5) is 15.3. The fourth-order valence-corrected chi connectivity index (χ4v) is 3.82. The molecule has 0 fully saturated rings. The number of benzene rings is 3. The van der Waals surface area contributed by atoms with E-state index in [1.54, 1.807) is 0 Å². The Hall–Kier alpha value is -3.11. The first-order chi connectivity index (χ1) is 13.7. The number of hydrogen-bond donors (Lipinski definition) is 1. The lowest BCUT2D eigenvalue weighted by molar-refractivity contribution is -0.122. The second-order valence-corrected chi connectivity index (χ2v) is 7.19. The summed E-state index contributed by atoms with van der Waals surface area (Å²) in [5.41, 5.74) is 7.59. The van der Waals surface area contributed by atoms with E-state index >= 15 is 0 Å². The van der Waals surface area contributed by atoms with E-state index in [1.165, 1.54) is 11.1 Å². The van der Waals surface area contributed by atoms with E-state index in [2.05, 4.69) is 41.6 Å². The number of carbonyl (C=O) groups excluding carboxylic acids is 1. The van der Waals surface area contributed by atoms with Crippen LogP contribution in [0.1, 0.15) is 23.6 Å². The Bertz CT molecular complexity index is 887. The maximum absolute atomic E-state index is 13.0. The van der Waals surface area contributed by atoms with Crippen molar-refractivity contribution in [2.45, 2.75) is 18.9 Å². The highest BCUT2D eigenvalue weighted by Gasteiger charge is 2.27. The second kappa shape index (κ2) is 8.28. The Morgan fingerprint density at radius 3 is 2.14 bits per heavy atom. The minimum Gasteiger partial charge on any atom is -0.299 e. The number of rotatable bonds is 5. The van der Waals surface area contributed by atoms with Gasteiger partial charge in [-0.15, -0.1) is 0 Å². The third kappa shape index (κ3) is 3.92. The van der Waals surface area contributed by atoms with Crippen LogP contribution < -0.4 is 10.4 Å². The van der Waals surface area contributed by atoms with Crippen molar-refractivity contribution in [3.63, 3.8) is 0 Å². The van der Waals surface area contributed by atoms with Crippen LogP contribution in [0.2, 0.25) is 0 Å². The highest BCUT2D eigenvalue weighted by Crippen LogP contribution is 2.31. The number of nitrogens with zero attached hydrogens (tertiary/aromatic N) is 2. The van der Waals surface area contributed by atoms with Crippen LogP contribution in [0.25, 0.3) is 0 Å². The van der Waals surface area contributed by atoms with Crippen molar-refractivity contribution in [2.24, 2.45) is 0 Å². The summed E-state index contributed by atoms with van der Waals surface area (Å²) in [6.07, 6.45) is 1.45. The number of likely N-dealkylation sites (N-methyl/N-ethyl adjacent to an activating group) is 1. The number of hydrogen-bond acceptors (Lipinski definition) is 3. The maximum Gasteiger partial charge on any atom is 0.240 e. The van der Waals surface area contributed by atoms with Gasteiger partial charge in [0.05, 0.1) is 11.4 Å². The van der Waals surface area contributed by atoms with Crippen molar-refractivity contribution in [2.75, 3.05) is 18.6 Å². The van der Waals surface area contributed by atoms with Crippen LogP contribution in [0.4, 0.5) is 11.4 Å². The van der Waals surface area contributed by atoms with E-state index < -0.39 is 0 Å². The van der Waals surface area contributed by atoms with Crippen molar-refractivity contribution in [1.29, 1.82) is 0 Å². The van der Waals surface area contributed by atoms with Gasteiger partial charge in [-0.25, -0.2) is 0 Å². The molecular weight excluding hydrogens is 346 g/mol. The minimum absolute atomic E-state index is 0.00117. The van der Waals surface area contributed by atoms with Gasteiger partial charge in [0, 0.05) is 19.0 Å². The average Bonchev–Trinajstić information content (AvgIpc) is 2.75. The molecule has 1 N–H and O–H groups in total. The molecule has 0 spiro atoms. The van der Waals surface area contributed by atoms with Crippen molar-refractivity contribution in [1.82, 2.24) is 10.3 Å². The third-order valence-electron chi connectivity index (χ3n) is 5.32. The van der Waals surface area contributed by atoms with Gasteiger partial charge in [0.1, 0.15) is 0 Å². The zero-order valence-corrected chi connectivity index (χ0v) is 16.1. The standard InChI is InChI=1S/C24H25N3O/c1-26-17-16-19-10-8-9-15-22(19)23(26)18-24(28)25-27(20-11-4-2-5-12-20)21-13-6-3-7-14-21/h2-15,23H,16-18H2,1H3,(H,25,28). The molecule has 1 unspecified atom stereocenters. The fraction of sp³-hybridized carbons (Fsp3) is 0.208. The minimum atomic E-state index is 0.00117. The van der Waals surface area contributed by atoms with Crippen molar-refractivity contribution < 1.29 is 4.79 Å². The SMILES string of the molecule is CN1CCc2ccccc2C1CC(=O)NN(c1ccccc1)c1ccccc1. The summed E-state index contributed by atoms with van der Waals surface area (Å²) >= 11 is 0. The van der Waals surface area contributed by atoms with Crippen LogP contribution in [0.15, 0.2) is 84.9 Å². The predicted molar refractivity (Wildman–Crippen MR) is 113 cm³/mol. The van der Waals surface area contributed by atoms with Crippen LogP contribution in [0, 0.1) is 0 Å². The monoisotopic (exact) mass is 371 g/mol. The molecule has 4 rings (SSSR count). The molecular formula is C24H25N3O. The summed E-state index contributed by atoms with van der Waals surface area (Å²) < 4.78 is 0. The highest BCUT2D eigenvalue weighted by molar-refractivity contribution is 5.81. The van der Waals surface area contributed by atoms with E-state index in [-0.39, 0.29) is 11.9 Å². The summed E-state index contributed by atoms with van der Waals surface area (Å²) in [7, 11) is 2.10. The lowest BCUT2D eigenvalue weighted by atomic mass is 9.91. The molecule has 4 heteroatoms. The van der Waals surface area contributed by atoms with Gasteiger partial charge in [-0.2, -0.15) is 0 Å². The predicted octanol–water partition coefficient (Wildman–Crippen LogP) is 4.48. The van der Waals surface area contributed by atoms with Crippen molar-refractivity contribution in [3.8, 4) is 0 Å². The summed E-state index contributed by atoms with van der Waals surface area (Å²) in [5.74, 6) is 0.00117. The van der Waals surface area contributed by atoms with Crippen molar-refractivity contribution >= 4 is 17.3 Å². The molecule has 1 amide bonds. The van der Waals surface area contributed by atoms with Crippen LogP contribution in [-0.4, -0.2) is 24.4 Å². The molecule has 0 bridgehead atoms. The topological polar surface area (TPSA) is 35.6 Å². The zero-order valence-electron chi connectivity index (χ0n) is 16.1. The van der Waals surface area contributed by atoms with E-state index in [1.807, 2.05) is 65.7 Å². The first-order valence-corrected chi connectivity index (χ1v) is 9.70. The van der Waals surface area contributed by atoms with Gasteiger partial charge in [-0.3, -0.25) is 20.1 Å². The number of nitrogens with one attached hydrogen (secondary N) is 1. The molecule has 0 aromatic heterocycles. The number of fused-ring (bicyclic) bond motifs is 1. The van der Waals surface area contributed by atoms with Crippen molar-refractivity contribution in [3.05, 3.63) is 96.1 Å². The maximum atomic E-state index is 13.0. The first-order valence-electron chi connectivity index (χ1n) is 9.70. The molecule has 1 aliphatic rings. The van der Waals surface area contributed by atoms with Gasteiger partial charge < -0.3 is 0 Å². The summed E-state index contributed by atoms with van der Waals surface area (Å²) in [6, 6.07) is 28.4. The quantitative estimate of drug-likeness (QED) is 0.672. The highest BCUT2D eigenvalue weighted by atomic mass is 16.2. The molecule has 0 radical (unpaired) electrons. The lowest BCUT2D eigenvalue weighted by Crippen LogP contribution is -2.42. The van der Waals surface area contributed by atoms with Gasteiger partial charge in [0.25, 0.3) is 0 Å². The number of anilines is 2. The van der Waals surface area contributed by atoms with Crippen LogP contribution in [0.3, 0.4) is 0 Å². The van der Waals surface area contributed by atoms with E-state index in [0.29, 0.717) is 6.42 Å². The number of para-hydroxylation sites is 2. The molecule has 1 aliphatic heterocycles. The Morgan fingerprint density at radius 2 is 1.50 bits per heavy atom. The first kappa shape index (κ1) is 18.3. The number of amides is 1. The fourth-order valence-electron chi connectivity index (χ4n) is 3.82. The molecule has 28 heavy (non-hydrogen) atoms. The van der Waals surface area contributed by atoms with Crippen LogP contribution in [0.5, 0.6) is 0 Å². The normalized spacial score (nSPS) is 16.2. The number of hydrazine groups is 1. The summed E-state index contributed by atoms with van der Waals surface area (Å²) in [6.45, 7) is 0.968. The lowest BCUT2D eigenvalue weighted by Gasteiger charge is -2.35. The van der Waals surface area contributed by atoms with Gasteiger partial charge in [-0.1, -0.05) is 60.7 Å². The molecule has 4 nitrogen and oxygen atoms in total. The second-order valence-electron chi connectivity index (χ2n) is 7.19. The molecule has 3 aromatic carbocycles. The molecule has 0 aliphatic carbocycles. The Labute approximate surface area is 166 Å². The Balaban J connectivity index is 1.56. The Morgan fingerprint density at radius 1 is 0.929 bits per heavy atom. The van der Waals surface area contributed by atoms with Gasteiger partial charge >= 0.3 is 0 Å². The largest absolute Gasteiger partial charge is 0.299 e. The van der Waals surface area contributed by atoms with Crippen LogP contribution >= 0.6 is 0 Å². The van der Waals surface area contributed by atoms with Gasteiger partial charge in [-0.05, 0) is 48.9 Å². The van der Waals surface area contributed by atoms with E-state index in [0.717, 1.165) is 24.3 Å². The number of carbonyl (C=O) groups is 1. The molecule has 142 valence electrons. The van der Waals surface area contributed by atoms with Gasteiger partial charge in [0.2, 0.25) is 5.91 Å². The molecule has 1 atom stereocenters. The molecule has 0 saturated heterocycles. The van der Waals surface area contributed by atoms with Gasteiger partial charge in [0.15, 0.2) is 0 Å².